The SMILES string of the molecule is Cc1cc(N2CCN(C3COC3)CC2)cc(Nc2ncc(-c3ccncc3)s2)n1. The number of ether oxygens (including phenoxy) is 1. The Hall–Kier alpha value is -2.55. The second-order valence-corrected chi connectivity index (χ2v) is 8.49. The Morgan fingerprint density at radius 3 is 2.62 bits per heavy atom. The number of anilines is 3. The minimum Gasteiger partial charge on any atom is -0.378 e. The predicted octanol–water partition coefficient (Wildman–Crippen LogP) is 3.17. The number of piperazine rings is 1. The van der Waals surface area contributed by atoms with Crippen molar-refractivity contribution in [2.45, 2.75) is 13.0 Å². The van der Waals surface area contributed by atoms with Crippen molar-refractivity contribution in [3.05, 3.63) is 48.5 Å². The number of hydrogen-bond donors (Lipinski definition) is 1. The minimum atomic E-state index is 0.619. The topological polar surface area (TPSA) is 66.4 Å². The van der Waals surface area contributed by atoms with E-state index >= 15 is 0 Å². The molecule has 3 aromatic heterocycles. The van der Waals surface area contributed by atoms with Crippen LogP contribution in [0.3, 0.4) is 0 Å². The van der Waals surface area contributed by atoms with Crippen molar-refractivity contribution in [2.75, 3.05) is 49.6 Å². The number of nitrogens with zero attached hydrogens (tertiary/aromatic N) is 5. The Labute approximate surface area is 174 Å². The van der Waals surface area contributed by atoms with E-state index < -0.39 is 0 Å². The Kier molecular flexibility index (Phi) is 5.13. The second-order valence-electron chi connectivity index (χ2n) is 7.46. The Morgan fingerprint density at radius 1 is 1.10 bits per heavy atom. The summed E-state index contributed by atoms with van der Waals surface area (Å²) in [5, 5.41) is 4.23. The molecule has 2 aliphatic rings. The fourth-order valence-electron chi connectivity index (χ4n) is 3.77. The quantitative estimate of drug-likeness (QED) is 0.695. The van der Waals surface area contributed by atoms with Gasteiger partial charge in [-0.25, -0.2) is 9.97 Å². The van der Waals surface area contributed by atoms with Crippen LogP contribution in [0, 0.1) is 6.92 Å². The van der Waals surface area contributed by atoms with Crippen molar-refractivity contribution in [1.29, 1.82) is 0 Å². The van der Waals surface area contributed by atoms with Gasteiger partial charge in [0.15, 0.2) is 5.13 Å². The molecule has 3 aromatic rings. The number of nitrogens with one attached hydrogen (secondary N) is 1. The van der Waals surface area contributed by atoms with Gasteiger partial charge < -0.3 is 15.0 Å². The minimum absolute atomic E-state index is 0.619. The highest BCUT2D eigenvalue weighted by Crippen LogP contribution is 2.31. The van der Waals surface area contributed by atoms with Crippen LogP contribution in [0.2, 0.25) is 0 Å². The molecular weight excluding hydrogens is 384 g/mol. The molecule has 0 aliphatic carbocycles. The van der Waals surface area contributed by atoms with Crippen LogP contribution >= 0.6 is 11.3 Å². The van der Waals surface area contributed by atoms with Gasteiger partial charge in [-0.05, 0) is 30.7 Å². The molecule has 29 heavy (non-hydrogen) atoms. The zero-order chi connectivity index (χ0) is 19.6. The molecule has 8 heteroatoms. The van der Waals surface area contributed by atoms with Crippen molar-refractivity contribution in [1.82, 2.24) is 19.9 Å². The van der Waals surface area contributed by atoms with E-state index in [1.165, 1.54) is 5.69 Å². The number of pyridine rings is 2. The molecule has 150 valence electrons. The monoisotopic (exact) mass is 408 g/mol. The van der Waals surface area contributed by atoms with E-state index in [0.717, 1.165) is 66.5 Å². The Bertz CT molecular complexity index is 966. The molecule has 0 unspecified atom stereocenters. The van der Waals surface area contributed by atoms with E-state index in [2.05, 4.69) is 42.2 Å². The molecule has 0 spiro atoms. The van der Waals surface area contributed by atoms with E-state index in [1.54, 1.807) is 23.7 Å². The smallest absolute Gasteiger partial charge is 0.188 e. The average Bonchev–Trinajstić information content (AvgIpc) is 3.16. The third kappa shape index (κ3) is 4.10. The standard InChI is InChI=1S/C21H24N6OS/c1-15-10-17(26-6-8-27(9-7-26)18-13-28-14-18)11-20(24-15)25-21-23-12-19(29-21)16-2-4-22-5-3-16/h2-5,10-12,18H,6-9,13-14H2,1H3,(H,23,24,25). The van der Waals surface area contributed by atoms with Crippen molar-refractivity contribution < 1.29 is 4.74 Å². The number of thiazole rings is 1. The Balaban J connectivity index is 1.28. The van der Waals surface area contributed by atoms with Gasteiger partial charge in [-0.3, -0.25) is 9.88 Å². The normalized spacial score (nSPS) is 17.9. The molecule has 1 N–H and O–H groups in total. The molecule has 0 bridgehead atoms. The highest BCUT2D eigenvalue weighted by atomic mass is 32.1. The first kappa shape index (κ1) is 18.5. The number of aryl methyl sites for hydroxylation is 1. The van der Waals surface area contributed by atoms with Crippen LogP contribution in [-0.2, 0) is 4.74 Å². The van der Waals surface area contributed by atoms with Gasteiger partial charge in [0, 0.05) is 62.2 Å². The van der Waals surface area contributed by atoms with Gasteiger partial charge in [-0.15, -0.1) is 0 Å². The summed E-state index contributed by atoms with van der Waals surface area (Å²) in [6.45, 7) is 8.04. The summed E-state index contributed by atoms with van der Waals surface area (Å²) >= 11 is 1.62. The largest absolute Gasteiger partial charge is 0.378 e. The molecule has 0 saturated carbocycles. The van der Waals surface area contributed by atoms with Crippen LogP contribution in [0.5, 0.6) is 0 Å². The Morgan fingerprint density at radius 2 is 1.90 bits per heavy atom. The molecule has 0 radical (unpaired) electrons. The lowest BCUT2D eigenvalue weighted by atomic mass is 10.1. The van der Waals surface area contributed by atoms with Gasteiger partial charge >= 0.3 is 0 Å². The molecular formula is C21H24N6OS. The average molecular weight is 409 g/mol. The van der Waals surface area contributed by atoms with Gasteiger partial charge in [0.2, 0.25) is 0 Å². The van der Waals surface area contributed by atoms with E-state index in [-0.39, 0.29) is 0 Å². The summed E-state index contributed by atoms with van der Waals surface area (Å²) in [5.74, 6) is 0.838. The third-order valence-electron chi connectivity index (χ3n) is 5.46. The molecule has 2 saturated heterocycles. The van der Waals surface area contributed by atoms with Crippen LogP contribution in [0.15, 0.2) is 42.9 Å². The van der Waals surface area contributed by atoms with Gasteiger partial charge in [-0.1, -0.05) is 11.3 Å². The lowest BCUT2D eigenvalue weighted by Crippen LogP contribution is -2.56. The lowest BCUT2D eigenvalue weighted by molar-refractivity contribution is -0.0660. The fourth-order valence-corrected chi connectivity index (χ4v) is 4.60. The maximum absolute atomic E-state index is 5.34. The predicted molar refractivity (Wildman–Crippen MR) is 116 cm³/mol. The van der Waals surface area contributed by atoms with E-state index in [0.29, 0.717) is 6.04 Å². The van der Waals surface area contributed by atoms with Crippen molar-refractivity contribution in [2.24, 2.45) is 0 Å². The van der Waals surface area contributed by atoms with Crippen LogP contribution < -0.4 is 10.2 Å². The maximum atomic E-state index is 5.34. The molecule has 2 aliphatic heterocycles. The number of hydrogen-bond acceptors (Lipinski definition) is 8. The van der Waals surface area contributed by atoms with Crippen LogP contribution in [-0.4, -0.2) is 65.3 Å². The maximum Gasteiger partial charge on any atom is 0.188 e. The summed E-state index contributed by atoms with van der Waals surface area (Å²) in [6, 6.07) is 8.90. The molecule has 7 nitrogen and oxygen atoms in total. The highest BCUT2D eigenvalue weighted by molar-refractivity contribution is 7.18. The molecule has 2 fully saturated rings. The summed E-state index contributed by atoms with van der Waals surface area (Å²) in [7, 11) is 0. The molecule has 5 heterocycles. The zero-order valence-corrected chi connectivity index (χ0v) is 17.2. The van der Waals surface area contributed by atoms with Gasteiger partial charge in [0.1, 0.15) is 5.82 Å². The zero-order valence-electron chi connectivity index (χ0n) is 16.4. The van der Waals surface area contributed by atoms with E-state index in [1.807, 2.05) is 25.3 Å². The first-order chi connectivity index (χ1) is 14.2. The van der Waals surface area contributed by atoms with Gasteiger partial charge in [-0.2, -0.15) is 0 Å². The summed E-state index contributed by atoms with van der Waals surface area (Å²) < 4.78 is 5.34. The first-order valence-electron chi connectivity index (χ1n) is 9.93. The molecule has 0 amide bonds. The van der Waals surface area contributed by atoms with Crippen molar-refractivity contribution in [3.8, 4) is 10.4 Å². The van der Waals surface area contributed by atoms with Gasteiger partial charge in [0.05, 0.1) is 24.1 Å². The fraction of sp³-hybridized carbons (Fsp3) is 0.381. The lowest BCUT2D eigenvalue weighted by Gasteiger charge is -2.43. The highest BCUT2D eigenvalue weighted by Gasteiger charge is 2.29. The van der Waals surface area contributed by atoms with E-state index in [9.17, 15) is 0 Å². The summed E-state index contributed by atoms with van der Waals surface area (Å²) in [5.41, 5.74) is 3.35. The third-order valence-corrected chi connectivity index (χ3v) is 6.42. The molecule has 5 rings (SSSR count). The molecule has 0 atom stereocenters. The van der Waals surface area contributed by atoms with E-state index in [4.69, 9.17) is 4.74 Å². The second kappa shape index (κ2) is 8.06. The molecule has 0 aromatic carbocycles. The number of rotatable bonds is 5. The summed E-state index contributed by atoms with van der Waals surface area (Å²) in [6.07, 6.45) is 5.49. The summed E-state index contributed by atoms with van der Waals surface area (Å²) in [4.78, 5) is 19.4. The van der Waals surface area contributed by atoms with Gasteiger partial charge in [0.25, 0.3) is 0 Å². The van der Waals surface area contributed by atoms with Crippen molar-refractivity contribution >= 4 is 28.0 Å². The number of aromatic nitrogens is 3. The van der Waals surface area contributed by atoms with Crippen LogP contribution in [0.1, 0.15) is 5.69 Å². The first-order valence-corrected chi connectivity index (χ1v) is 10.7. The van der Waals surface area contributed by atoms with Crippen LogP contribution in [0.4, 0.5) is 16.6 Å². The van der Waals surface area contributed by atoms with Crippen LogP contribution in [0.25, 0.3) is 10.4 Å². The van der Waals surface area contributed by atoms with Crippen molar-refractivity contribution in [3.63, 3.8) is 0 Å².